The lowest BCUT2D eigenvalue weighted by Crippen LogP contribution is -2.45. The van der Waals surface area contributed by atoms with E-state index in [1.807, 2.05) is 26.0 Å². The smallest absolute Gasteiger partial charge is 0.0863 e. The van der Waals surface area contributed by atoms with E-state index in [9.17, 15) is 10.2 Å². The fraction of sp³-hybridized carbons (Fsp3) is 0.800. The van der Waals surface area contributed by atoms with Crippen molar-refractivity contribution in [1.82, 2.24) is 0 Å². The maximum Gasteiger partial charge on any atom is 0.0863 e. The van der Waals surface area contributed by atoms with E-state index in [1.165, 1.54) is 6.42 Å². The van der Waals surface area contributed by atoms with Gasteiger partial charge in [0.1, 0.15) is 0 Å². The van der Waals surface area contributed by atoms with Crippen LogP contribution in [0, 0.1) is 11.3 Å². The molecule has 1 aliphatic rings. The van der Waals surface area contributed by atoms with Gasteiger partial charge in [0.15, 0.2) is 0 Å². The Bertz CT molecular complexity index is 395. The highest BCUT2D eigenvalue weighted by molar-refractivity contribution is 5.20. The molecule has 0 radical (unpaired) electrons. The Hall–Kier alpha value is -0.600. The second-order valence-corrected chi connectivity index (χ2v) is 8.81. The minimum absolute atomic E-state index is 0.113. The zero-order chi connectivity index (χ0) is 17.0. The van der Waals surface area contributed by atoms with Gasteiger partial charge in [-0.3, -0.25) is 0 Å². The van der Waals surface area contributed by atoms with Crippen molar-refractivity contribution in [3.8, 4) is 0 Å². The molecule has 0 aromatic heterocycles. The molecule has 1 aliphatic carbocycles. The number of allylic oxidation sites excluding steroid dienone is 2. The van der Waals surface area contributed by atoms with E-state index in [0.717, 1.165) is 44.1 Å². The van der Waals surface area contributed by atoms with Crippen LogP contribution in [0.25, 0.3) is 0 Å². The first-order valence-corrected chi connectivity index (χ1v) is 8.76. The van der Waals surface area contributed by atoms with Gasteiger partial charge in [0, 0.05) is 0 Å². The van der Waals surface area contributed by atoms with Gasteiger partial charge in [-0.2, -0.15) is 0 Å². The molecule has 0 amide bonds. The van der Waals surface area contributed by atoms with E-state index >= 15 is 0 Å². The van der Waals surface area contributed by atoms with Crippen molar-refractivity contribution in [1.29, 1.82) is 0 Å². The molecule has 22 heavy (non-hydrogen) atoms. The molecule has 0 aromatic rings. The van der Waals surface area contributed by atoms with Gasteiger partial charge >= 0.3 is 0 Å². The molecule has 1 saturated carbocycles. The summed E-state index contributed by atoms with van der Waals surface area (Å²) in [6, 6.07) is 0. The van der Waals surface area contributed by atoms with Gasteiger partial charge in [-0.25, -0.2) is 0 Å². The predicted octanol–water partition coefficient (Wildman–Crippen LogP) is 5.01. The monoisotopic (exact) mass is 308 g/mol. The lowest BCUT2D eigenvalue weighted by atomic mass is 9.63. The molecular weight excluding hydrogens is 272 g/mol. The van der Waals surface area contributed by atoms with Crippen LogP contribution in [-0.4, -0.2) is 21.4 Å². The van der Waals surface area contributed by atoms with E-state index in [4.69, 9.17) is 0 Å². The molecule has 0 spiro atoms. The van der Waals surface area contributed by atoms with Crippen LogP contribution in [0.3, 0.4) is 0 Å². The molecule has 2 nitrogen and oxygen atoms in total. The van der Waals surface area contributed by atoms with Crippen LogP contribution >= 0.6 is 0 Å². The van der Waals surface area contributed by atoms with E-state index in [0.29, 0.717) is 5.92 Å². The van der Waals surface area contributed by atoms with Crippen LogP contribution in [0.2, 0.25) is 0 Å². The summed E-state index contributed by atoms with van der Waals surface area (Å²) < 4.78 is 0. The van der Waals surface area contributed by atoms with Crippen molar-refractivity contribution < 1.29 is 10.2 Å². The first-order chi connectivity index (χ1) is 9.94. The third-order valence-electron chi connectivity index (χ3n) is 4.86. The Balaban J connectivity index is 2.63. The summed E-state index contributed by atoms with van der Waals surface area (Å²) in [5.74, 6) is 0.300. The average Bonchev–Trinajstić information content (AvgIpc) is 2.34. The minimum atomic E-state index is -0.699. The number of rotatable bonds is 6. The molecule has 2 heteroatoms. The predicted molar refractivity (Wildman–Crippen MR) is 94.8 cm³/mol. The largest absolute Gasteiger partial charge is 0.390 e. The highest BCUT2D eigenvalue weighted by Crippen LogP contribution is 2.45. The molecular formula is C20H36O2. The number of hydrogen-bond acceptors (Lipinski definition) is 2. The number of hydrogen-bond donors (Lipinski definition) is 2. The zero-order valence-electron chi connectivity index (χ0n) is 15.3. The summed E-state index contributed by atoms with van der Waals surface area (Å²) in [5, 5.41) is 20.8. The lowest BCUT2D eigenvalue weighted by Gasteiger charge is -2.45. The Morgan fingerprint density at radius 1 is 1.23 bits per heavy atom. The quantitative estimate of drug-likeness (QED) is 0.677. The standard InChI is InChI=1S/C20H36O2/c1-16(10-9-13-19(5,6)21)12-15-20(22)14-8-7-11-17(20)18(2,3)4/h12,15,17,21-22H,1,7-11,13-14H2,2-6H3. The second kappa shape index (κ2) is 7.31. The average molecular weight is 309 g/mol. The summed E-state index contributed by atoms with van der Waals surface area (Å²) in [4.78, 5) is 0. The molecule has 0 heterocycles. The minimum Gasteiger partial charge on any atom is -0.390 e. The fourth-order valence-electron chi connectivity index (χ4n) is 3.66. The van der Waals surface area contributed by atoms with Crippen LogP contribution in [0.15, 0.2) is 24.3 Å². The van der Waals surface area contributed by atoms with Gasteiger partial charge in [0.05, 0.1) is 11.2 Å². The Morgan fingerprint density at radius 3 is 2.41 bits per heavy atom. The van der Waals surface area contributed by atoms with Crippen LogP contribution in [0.5, 0.6) is 0 Å². The van der Waals surface area contributed by atoms with Gasteiger partial charge in [-0.15, -0.1) is 0 Å². The maximum atomic E-state index is 11.1. The first-order valence-electron chi connectivity index (χ1n) is 8.76. The van der Waals surface area contributed by atoms with E-state index in [1.54, 1.807) is 0 Å². The van der Waals surface area contributed by atoms with Crippen LogP contribution < -0.4 is 0 Å². The van der Waals surface area contributed by atoms with E-state index in [2.05, 4.69) is 27.4 Å². The molecule has 2 N–H and O–H groups in total. The first kappa shape index (κ1) is 19.4. The Labute approximate surface area is 137 Å². The fourth-order valence-corrected chi connectivity index (χ4v) is 3.66. The van der Waals surface area contributed by atoms with Crippen LogP contribution in [-0.2, 0) is 0 Å². The maximum absolute atomic E-state index is 11.1. The van der Waals surface area contributed by atoms with Gasteiger partial charge < -0.3 is 10.2 Å². The van der Waals surface area contributed by atoms with Crippen molar-refractivity contribution in [2.24, 2.45) is 11.3 Å². The van der Waals surface area contributed by atoms with Gasteiger partial charge in [-0.05, 0) is 57.3 Å². The summed E-state index contributed by atoms with van der Waals surface area (Å²) in [6.07, 6.45) is 10.8. The van der Waals surface area contributed by atoms with Crippen molar-refractivity contribution in [2.45, 2.75) is 90.8 Å². The van der Waals surface area contributed by atoms with Gasteiger partial charge in [0.2, 0.25) is 0 Å². The molecule has 1 fully saturated rings. The van der Waals surface area contributed by atoms with Crippen LogP contribution in [0.1, 0.15) is 79.6 Å². The SMILES string of the molecule is C=C(C=CC1(O)CCCCC1C(C)(C)C)CCCC(C)(C)O. The van der Waals surface area contributed by atoms with Gasteiger partial charge in [0.25, 0.3) is 0 Å². The third-order valence-corrected chi connectivity index (χ3v) is 4.86. The molecule has 0 bridgehead atoms. The molecule has 2 atom stereocenters. The topological polar surface area (TPSA) is 40.5 Å². The Morgan fingerprint density at radius 2 is 1.86 bits per heavy atom. The summed E-state index contributed by atoms with van der Waals surface area (Å²) in [6.45, 7) is 14.4. The van der Waals surface area contributed by atoms with E-state index in [-0.39, 0.29) is 5.41 Å². The van der Waals surface area contributed by atoms with Crippen molar-refractivity contribution in [3.05, 3.63) is 24.3 Å². The third kappa shape index (κ3) is 6.26. The number of aliphatic hydroxyl groups is 2. The van der Waals surface area contributed by atoms with Crippen molar-refractivity contribution >= 4 is 0 Å². The highest BCUT2D eigenvalue weighted by atomic mass is 16.3. The molecule has 0 aliphatic heterocycles. The molecule has 128 valence electrons. The zero-order valence-corrected chi connectivity index (χ0v) is 15.3. The van der Waals surface area contributed by atoms with Crippen molar-refractivity contribution in [2.75, 3.05) is 0 Å². The van der Waals surface area contributed by atoms with Gasteiger partial charge in [-0.1, -0.05) is 57.9 Å². The molecule has 1 rings (SSSR count). The summed E-state index contributed by atoms with van der Waals surface area (Å²) in [5.41, 5.74) is -0.156. The Kier molecular flexibility index (Phi) is 6.46. The summed E-state index contributed by atoms with van der Waals surface area (Å²) in [7, 11) is 0. The van der Waals surface area contributed by atoms with E-state index < -0.39 is 11.2 Å². The molecule has 2 unspecified atom stereocenters. The lowest BCUT2D eigenvalue weighted by molar-refractivity contribution is -0.0523. The second-order valence-electron chi connectivity index (χ2n) is 8.81. The summed E-state index contributed by atoms with van der Waals surface area (Å²) >= 11 is 0. The van der Waals surface area contributed by atoms with Crippen LogP contribution in [0.4, 0.5) is 0 Å². The highest BCUT2D eigenvalue weighted by Gasteiger charge is 2.42. The molecule has 0 saturated heterocycles. The molecule has 0 aromatic carbocycles. The normalized spacial score (nSPS) is 27.3. The van der Waals surface area contributed by atoms with Crippen molar-refractivity contribution in [3.63, 3.8) is 0 Å².